The molecule has 0 unspecified atom stereocenters. The molecule has 0 saturated carbocycles. The van der Waals surface area contributed by atoms with Gasteiger partial charge in [-0.2, -0.15) is 0 Å². The number of nitro groups is 1. The van der Waals surface area contributed by atoms with E-state index in [1.54, 1.807) is 0 Å². The van der Waals surface area contributed by atoms with Crippen LogP contribution in [0, 0.1) is 10.1 Å². The number of carbonyl (C=O) groups is 2. The third kappa shape index (κ3) is 4.36. The molecule has 36 heavy (non-hydrogen) atoms. The van der Waals surface area contributed by atoms with Gasteiger partial charge >= 0.3 is 0 Å². The minimum absolute atomic E-state index is 0. The predicted molar refractivity (Wildman–Crippen MR) is 138 cm³/mol. The summed E-state index contributed by atoms with van der Waals surface area (Å²) in [6.45, 7) is 0.201. The van der Waals surface area contributed by atoms with Crippen molar-refractivity contribution < 1.29 is 31.5 Å². The molecule has 0 bridgehead atoms. The molecule has 180 valence electrons. The Kier molecular flexibility index (Phi) is 7.43. The van der Waals surface area contributed by atoms with Gasteiger partial charge in [-0.05, 0) is 42.5 Å². The molecule has 0 aromatic heterocycles. The molecule has 0 fully saturated rings. The summed E-state index contributed by atoms with van der Waals surface area (Å²) in [7, 11) is -2.23. The van der Waals surface area contributed by atoms with Crippen LogP contribution in [0.2, 0.25) is 0 Å². The number of nitro benzene ring substituents is 1. The van der Waals surface area contributed by atoms with Crippen molar-refractivity contribution in [2.75, 3.05) is 12.7 Å². The zero-order valence-electron chi connectivity index (χ0n) is 19.2. The van der Waals surface area contributed by atoms with E-state index in [2.05, 4.69) is 36.4 Å². The number of benzene rings is 4. The first-order chi connectivity index (χ1) is 17.0. The van der Waals surface area contributed by atoms with Gasteiger partial charge in [-0.15, -0.1) is 0 Å². The molecule has 6 nitrogen and oxygen atoms in total. The Bertz CT molecular complexity index is 1320. The second-order valence-corrected chi connectivity index (χ2v) is 11.9. The van der Waals surface area contributed by atoms with Gasteiger partial charge in [-0.3, -0.25) is 24.6 Å². The maximum atomic E-state index is 13.2. The van der Waals surface area contributed by atoms with Crippen molar-refractivity contribution in [1.29, 1.82) is 0 Å². The number of imide groups is 1. The summed E-state index contributed by atoms with van der Waals surface area (Å²) in [5, 5.41) is 14.7. The van der Waals surface area contributed by atoms with Crippen LogP contribution in [-0.2, 0) is 0 Å². The maximum absolute atomic E-state index is 13.2. The summed E-state index contributed by atoms with van der Waals surface area (Å²) in [5.74, 6) is -0.895. The number of hydrogen-bond acceptors (Lipinski definition) is 4. The Morgan fingerprint density at radius 1 is 0.667 bits per heavy atom. The SMILES string of the molecule is O=C1c2ccc([N+](=O)[O-])cc2C(=O)N1CC[P+](c1ccccc1)(c1ccccc1)c1ccccc1.[Br-]. The van der Waals surface area contributed by atoms with Crippen LogP contribution >= 0.6 is 7.26 Å². The first kappa shape index (κ1) is 25.4. The van der Waals surface area contributed by atoms with Gasteiger partial charge in [0, 0.05) is 12.1 Å². The van der Waals surface area contributed by atoms with E-state index in [0.717, 1.165) is 15.9 Å². The fraction of sp³-hybridized carbons (Fsp3) is 0.0714. The van der Waals surface area contributed by atoms with Crippen LogP contribution in [0.25, 0.3) is 0 Å². The largest absolute Gasteiger partial charge is 1.00 e. The minimum atomic E-state index is -2.23. The number of nitrogens with zero attached hydrogens (tertiary/aromatic N) is 2. The number of rotatable bonds is 7. The Hall–Kier alpha value is -3.67. The van der Waals surface area contributed by atoms with E-state index in [-0.39, 0.29) is 40.3 Å². The topological polar surface area (TPSA) is 80.5 Å². The standard InChI is InChI=1S/C28H22N2O4P.BrH/c31-27-25-17-16-21(30(33)34)20-26(25)28(32)29(27)18-19-35(22-10-4-1-5-11-22,23-12-6-2-7-13-23)24-14-8-3-9-15-24;/h1-17,20H,18-19H2;1H/q+1;/p-1. The van der Waals surface area contributed by atoms with Crippen molar-refractivity contribution in [3.8, 4) is 0 Å². The highest BCUT2D eigenvalue weighted by atomic mass is 79.9. The monoisotopic (exact) mass is 560 g/mol. The van der Waals surface area contributed by atoms with Gasteiger partial charge in [0.1, 0.15) is 23.2 Å². The highest BCUT2D eigenvalue weighted by Crippen LogP contribution is 2.55. The maximum Gasteiger partial charge on any atom is 0.270 e. The number of carbonyl (C=O) groups excluding carboxylic acids is 2. The molecule has 2 amide bonds. The van der Waals surface area contributed by atoms with Gasteiger partial charge < -0.3 is 17.0 Å². The lowest BCUT2D eigenvalue weighted by Crippen LogP contribution is -3.00. The Balaban J connectivity index is 0.00000304. The summed E-state index contributed by atoms with van der Waals surface area (Å²) in [6.07, 6.45) is 0.554. The van der Waals surface area contributed by atoms with Gasteiger partial charge in [0.25, 0.3) is 17.5 Å². The molecule has 1 heterocycles. The summed E-state index contributed by atoms with van der Waals surface area (Å²) in [5.41, 5.74) is 0.0994. The Morgan fingerprint density at radius 2 is 1.11 bits per heavy atom. The lowest BCUT2D eigenvalue weighted by Gasteiger charge is -2.29. The minimum Gasteiger partial charge on any atom is -1.00 e. The van der Waals surface area contributed by atoms with Crippen LogP contribution in [0.3, 0.4) is 0 Å². The zero-order chi connectivity index (χ0) is 24.4. The normalized spacial score (nSPS) is 12.7. The predicted octanol–water partition coefficient (Wildman–Crippen LogP) is 1.19. The van der Waals surface area contributed by atoms with Gasteiger partial charge in [-0.25, -0.2) is 0 Å². The highest BCUT2D eigenvalue weighted by Gasteiger charge is 2.47. The van der Waals surface area contributed by atoms with E-state index in [9.17, 15) is 19.7 Å². The molecule has 0 atom stereocenters. The lowest BCUT2D eigenvalue weighted by molar-refractivity contribution is -0.384. The molecule has 4 aromatic carbocycles. The third-order valence-electron chi connectivity index (χ3n) is 6.42. The van der Waals surface area contributed by atoms with Crippen molar-refractivity contribution in [2.45, 2.75) is 0 Å². The summed E-state index contributed by atoms with van der Waals surface area (Å²) < 4.78 is 0. The molecule has 1 aliphatic heterocycles. The fourth-order valence-corrected chi connectivity index (χ4v) is 8.94. The summed E-state index contributed by atoms with van der Waals surface area (Å²) in [6, 6.07) is 34.5. The van der Waals surface area contributed by atoms with E-state index in [4.69, 9.17) is 0 Å². The Morgan fingerprint density at radius 3 is 1.56 bits per heavy atom. The van der Waals surface area contributed by atoms with Crippen LogP contribution in [0.15, 0.2) is 109 Å². The van der Waals surface area contributed by atoms with E-state index < -0.39 is 24.0 Å². The van der Waals surface area contributed by atoms with Crippen molar-refractivity contribution in [3.05, 3.63) is 130 Å². The van der Waals surface area contributed by atoms with E-state index >= 15 is 0 Å². The average molecular weight is 561 g/mol. The highest BCUT2D eigenvalue weighted by molar-refractivity contribution is 7.95. The van der Waals surface area contributed by atoms with Crippen LogP contribution < -0.4 is 32.9 Å². The molecule has 5 rings (SSSR count). The van der Waals surface area contributed by atoms with Crippen LogP contribution in [0.4, 0.5) is 5.69 Å². The van der Waals surface area contributed by atoms with Crippen LogP contribution in [-0.4, -0.2) is 34.3 Å². The molecular weight excluding hydrogens is 539 g/mol. The Labute approximate surface area is 219 Å². The summed E-state index contributed by atoms with van der Waals surface area (Å²) in [4.78, 5) is 38.2. The first-order valence-electron chi connectivity index (χ1n) is 11.2. The number of hydrogen-bond donors (Lipinski definition) is 0. The van der Waals surface area contributed by atoms with Crippen molar-refractivity contribution >= 4 is 40.7 Å². The summed E-state index contributed by atoms with van der Waals surface area (Å²) >= 11 is 0. The van der Waals surface area contributed by atoms with E-state index in [0.29, 0.717) is 6.16 Å². The molecule has 4 aromatic rings. The molecule has 0 radical (unpaired) electrons. The smallest absolute Gasteiger partial charge is 0.270 e. The number of halogens is 1. The second kappa shape index (κ2) is 10.5. The van der Waals surface area contributed by atoms with Crippen molar-refractivity contribution in [1.82, 2.24) is 4.90 Å². The van der Waals surface area contributed by atoms with Crippen molar-refractivity contribution in [3.63, 3.8) is 0 Å². The fourth-order valence-electron chi connectivity index (χ4n) is 4.73. The van der Waals surface area contributed by atoms with Crippen LogP contribution in [0.1, 0.15) is 20.7 Å². The van der Waals surface area contributed by atoms with Gasteiger partial charge in [0.15, 0.2) is 0 Å². The zero-order valence-corrected chi connectivity index (χ0v) is 21.6. The van der Waals surface area contributed by atoms with Crippen LogP contribution in [0.5, 0.6) is 0 Å². The van der Waals surface area contributed by atoms with Crippen molar-refractivity contribution in [2.24, 2.45) is 0 Å². The molecule has 1 aliphatic rings. The third-order valence-corrected chi connectivity index (χ3v) is 10.8. The van der Waals surface area contributed by atoms with E-state index in [1.165, 1.54) is 23.1 Å². The van der Waals surface area contributed by atoms with Gasteiger partial charge in [0.05, 0.1) is 28.8 Å². The number of amides is 2. The average Bonchev–Trinajstić information content (AvgIpc) is 3.15. The van der Waals surface area contributed by atoms with E-state index in [1.807, 2.05) is 54.6 Å². The number of fused-ring (bicyclic) bond motifs is 1. The molecule has 0 aliphatic carbocycles. The second-order valence-electron chi connectivity index (χ2n) is 8.29. The molecule has 0 spiro atoms. The molecule has 0 saturated heterocycles. The quantitative estimate of drug-likeness (QED) is 0.147. The number of non-ortho nitro benzene ring substituents is 1. The molecule has 8 heteroatoms. The lowest BCUT2D eigenvalue weighted by atomic mass is 10.1. The molecule has 0 N–H and O–H groups in total. The molecular formula is C28H22BrN2O4P. The van der Waals surface area contributed by atoms with Gasteiger partial charge in [-0.1, -0.05) is 54.6 Å². The van der Waals surface area contributed by atoms with Gasteiger partial charge in [0.2, 0.25) is 0 Å². The first-order valence-corrected chi connectivity index (χ1v) is 13.2.